The summed E-state index contributed by atoms with van der Waals surface area (Å²) < 4.78 is 41.2. The van der Waals surface area contributed by atoms with Crippen LogP contribution in [0, 0.1) is 6.92 Å². The number of alkyl halides is 3. The van der Waals surface area contributed by atoms with Crippen LogP contribution in [-0.2, 0) is 19.6 Å². The van der Waals surface area contributed by atoms with E-state index in [1.54, 1.807) is 30.8 Å². The molecule has 114 valence electrons. The van der Waals surface area contributed by atoms with Crippen molar-refractivity contribution >= 4 is 11.8 Å². The Hall–Kier alpha value is -1.47. The average Bonchev–Trinajstić information content (AvgIpc) is 2.69. The molecular weight excluding hydrogens is 299 g/mol. The molecule has 21 heavy (non-hydrogen) atoms. The van der Waals surface area contributed by atoms with Crippen LogP contribution < -0.4 is 5.73 Å². The van der Waals surface area contributed by atoms with E-state index in [0.29, 0.717) is 23.6 Å². The summed E-state index contributed by atoms with van der Waals surface area (Å²) in [6.07, 6.45) is -3.96. The van der Waals surface area contributed by atoms with Gasteiger partial charge in [-0.3, -0.25) is 4.68 Å². The minimum absolute atomic E-state index is 0.172. The highest BCUT2D eigenvalue weighted by molar-refractivity contribution is 7.99. The topological polar surface area (TPSA) is 43.8 Å². The Morgan fingerprint density at radius 3 is 2.52 bits per heavy atom. The van der Waals surface area contributed by atoms with Gasteiger partial charge in [0.15, 0.2) is 0 Å². The van der Waals surface area contributed by atoms with Gasteiger partial charge in [-0.05, 0) is 43.7 Å². The van der Waals surface area contributed by atoms with Gasteiger partial charge in [-0.2, -0.15) is 18.3 Å². The van der Waals surface area contributed by atoms with Crippen molar-refractivity contribution in [3.8, 4) is 0 Å². The number of nitrogens with two attached hydrogens (primary N) is 1. The van der Waals surface area contributed by atoms with Crippen LogP contribution in [0.5, 0.6) is 0 Å². The highest BCUT2D eigenvalue weighted by Gasteiger charge is 2.34. The van der Waals surface area contributed by atoms with E-state index in [0.717, 1.165) is 17.5 Å². The van der Waals surface area contributed by atoms with Crippen LogP contribution in [0.3, 0.4) is 0 Å². The molecule has 0 spiro atoms. The third kappa shape index (κ3) is 3.79. The summed E-state index contributed by atoms with van der Waals surface area (Å²) in [5.74, 6) is 0. The Morgan fingerprint density at radius 2 is 2.00 bits per heavy atom. The van der Waals surface area contributed by atoms with Crippen molar-refractivity contribution in [2.75, 3.05) is 6.54 Å². The molecule has 7 heteroatoms. The summed E-state index contributed by atoms with van der Waals surface area (Å²) in [5.41, 5.74) is 6.14. The lowest BCUT2D eigenvalue weighted by Crippen LogP contribution is -2.09. The van der Waals surface area contributed by atoms with E-state index in [1.807, 2.05) is 0 Å². The number of aromatic nitrogens is 2. The maximum Gasteiger partial charge on any atom is 0.417 e. The molecule has 0 atom stereocenters. The number of hydrogen-bond donors (Lipinski definition) is 1. The molecular formula is C14H16F3N3S. The smallest absolute Gasteiger partial charge is 0.330 e. The van der Waals surface area contributed by atoms with Gasteiger partial charge in [-0.1, -0.05) is 17.8 Å². The zero-order chi connectivity index (χ0) is 15.6. The van der Waals surface area contributed by atoms with Crippen molar-refractivity contribution < 1.29 is 13.2 Å². The molecule has 0 fully saturated rings. The monoisotopic (exact) mass is 315 g/mol. The quantitative estimate of drug-likeness (QED) is 0.940. The number of benzene rings is 1. The third-order valence-corrected chi connectivity index (χ3v) is 4.12. The molecule has 2 aromatic rings. The number of aryl methyl sites for hydroxylation is 2. The van der Waals surface area contributed by atoms with Gasteiger partial charge in [0.25, 0.3) is 0 Å². The van der Waals surface area contributed by atoms with Crippen molar-refractivity contribution in [3.05, 3.63) is 41.1 Å². The summed E-state index contributed by atoms with van der Waals surface area (Å²) >= 11 is 1.06. The molecule has 0 bridgehead atoms. The van der Waals surface area contributed by atoms with Crippen LogP contribution in [-0.4, -0.2) is 16.3 Å². The van der Waals surface area contributed by atoms with Gasteiger partial charge in [-0.15, -0.1) is 0 Å². The summed E-state index contributed by atoms with van der Waals surface area (Å²) in [6, 6.07) is 6.13. The van der Waals surface area contributed by atoms with E-state index in [4.69, 9.17) is 5.73 Å². The van der Waals surface area contributed by atoms with E-state index in [2.05, 4.69) is 5.10 Å². The molecule has 0 aliphatic rings. The fourth-order valence-electron chi connectivity index (χ4n) is 2.00. The molecule has 0 amide bonds. The number of nitrogens with zero attached hydrogens (tertiary/aromatic N) is 2. The SMILES string of the molecule is Cc1cc(Sc2ccc(CCN)cc2C(F)(F)F)n(C)n1. The molecule has 0 saturated heterocycles. The average molecular weight is 315 g/mol. The lowest BCUT2D eigenvalue weighted by Gasteiger charge is -2.14. The second-order valence-electron chi connectivity index (χ2n) is 4.72. The van der Waals surface area contributed by atoms with Crippen LogP contribution >= 0.6 is 11.8 Å². The maximum atomic E-state index is 13.2. The van der Waals surface area contributed by atoms with Crippen LogP contribution in [0.15, 0.2) is 34.2 Å². The van der Waals surface area contributed by atoms with Crippen molar-refractivity contribution in [2.24, 2.45) is 12.8 Å². The van der Waals surface area contributed by atoms with Crippen molar-refractivity contribution in [1.82, 2.24) is 9.78 Å². The van der Waals surface area contributed by atoms with E-state index in [-0.39, 0.29) is 4.90 Å². The van der Waals surface area contributed by atoms with Gasteiger partial charge in [0, 0.05) is 11.9 Å². The van der Waals surface area contributed by atoms with Crippen molar-refractivity contribution in [3.63, 3.8) is 0 Å². The first-order valence-electron chi connectivity index (χ1n) is 6.40. The standard InChI is InChI=1S/C14H16F3N3S/c1-9-7-13(20(2)19-9)21-12-4-3-10(5-6-18)8-11(12)14(15,16)17/h3-4,7-8H,5-6,18H2,1-2H3. The van der Waals surface area contributed by atoms with Crippen LogP contribution in [0.4, 0.5) is 13.2 Å². The van der Waals surface area contributed by atoms with Gasteiger partial charge >= 0.3 is 6.18 Å². The fraction of sp³-hybridized carbons (Fsp3) is 0.357. The highest BCUT2D eigenvalue weighted by Crippen LogP contribution is 2.40. The molecule has 0 aliphatic heterocycles. The lowest BCUT2D eigenvalue weighted by molar-refractivity contribution is -0.139. The normalized spacial score (nSPS) is 11.9. The number of rotatable bonds is 4. The van der Waals surface area contributed by atoms with Crippen molar-refractivity contribution in [1.29, 1.82) is 0 Å². The first kappa shape index (κ1) is 15.9. The minimum Gasteiger partial charge on any atom is -0.330 e. The molecule has 2 N–H and O–H groups in total. The second-order valence-corrected chi connectivity index (χ2v) is 5.78. The lowest BCUT2D eigenvalue weighted by atomic mass is 10.1. The van der Waals surface area contributed by atoms with Gasteiger partial charge in [0.2, 0.25) is 0 Å². The predicted octanol–water partition coefficient (Wildman–Crippen LogP) is 3.40. The minimum atomic E-state index is -4.39. The van der Waals surface area contributed by atoms with E-state index < -0.39 is 11.7 Å². The summed E-state index contributed by atoms with van der Waals surface area (Å²) in [5, 5.41) is 4.82. The second kappa shape index (κ2) is 6.11. The zero-order valence-corrected chi connectivity index (χ0v) is 12.6. The molecule has 0 aliphatic carbocycles. The Balaban J connectivity index is 2.40. The van der Waals surface area contributed by atoms with Crippen LogP contribution in [0.1, 0.15) is 16.8 Å². The molecule has 3 nitrogen and oxygen atoms in total. The molecule has 0 radical (unpaired) electrons. The summed E-state index contributed by atoms with van der Waals surface area (Å²) in [7, 11) is 1.71. The van der Waals surface area contributed by atoms with E-state index in [1.165, 1.54) is 12.1 Å². The highest BCUT2D eigenvalue weighted by atomic mass is 32.2. The molecule has 2 rings (SSSR count). The Labute approximate surface area is 125 Å². The summed E-state index contributed by atoms with van der Waals surface area (Å²) in [4.78, 5) is 0.172. The summed E-state index contributed by atoms with van der Waals surface area (Å²) in [6.45, 7) is 2.13. The maximum absolute atomic E-state index is 13.2. The van der Waals surface area contributed by atoms with Gasteiger partial charge in [-0.25, -0.2) is 0 Å². The van der Waals surface area contributed by atoms with E-state index in [9.17, 15) is 13.2 Å². The van der Waals surface area contributed by atoms with Crippen LogP contribution in [0.25, 0.3) is 0 Å². The van der Waals surface area contributed by atoms with E-state index >= 15 is 0 Å². The molecule has 1 heterocycles. The molecule has 1 aromatic carbocycles. The molecule has 0 unspecified atom stereocenters. The molecule has 1 aromatic heterocycles. The largest absolute Gasteiger partial charge is 0.417 e. The Kier molecular flexibility index (Phi) is 4.63. The Bertz CT molecular complexity index is 635. The third-order valence-electron chi connectivity index (χ3n) is 2.96. The molecule has 0 saturated carbocycles. The first-order chi connectivity index (χ1) is 9.81. The Morgan fingerprint density at radius 1 is 1.29 bits per heavy atom. The zero-order valence-electron chi connectivity index (χ0n) is 11.7. The van der Waals surface area contributed by atoms with Gasteiger partial charge in [0.05, 0.1) is 16.3 Å². The number of hydrogen-bond acceptors (Lipinski definition) is 3. The van der Waals surface area contributed by atoms with Crippen molar-refractivity contribution in [2.45, 2.75) is 29.4 Å². The van der Waals surface area contributed by atoms with Gasteiger partial charge < -0.3 is 5.73 Å². The number of halogens is 3. The van der Waals surface area contributed by atoms with Crippen LogP contribution in [0.2, 0.25) is 0 Å². The van der Waals surface area contributed by atoms with Gasteiger partial charge in [0.1, 0.15) is 0 Å². The first-order valence-corrected chi connectivity index (χ1v) is 7.21. The predicted molar refractivity (Wildman–Crippen MR) is 76.3 cm³/mol. The fourth-order valence-corrected chi connectivity index (χ4v) is 3.05.